The number of amides is 2. The van der Waals surface area contributed by atoms with Crippen LogP contribution in [0.25, 0.3) is 0 Å². The van der Waals surface area contributed by atoms with Crippen molar-refractivity contribution in [2.45, 2.75) is 63.3 Å². The zero-order chi connectivity index (χ0) is 23.0. The number of rotatable bonds is 7. The zero-order valence-corrected chi connectivity index (χ0v) is 19.5. The second kappa shape index (κ2) is 11.3. The minimum atomic E-state index is -0.777. The molecule has 2 aromatic carbocycles. The van der Waals surface area contributed by atoms with Crippen molar-refractivity contribution in [3.05, 3.63) is 71.8 Å². The molecule has 1 saturated carbocycles. The molecular formula is C27H35N3O3. The van der Waals surface area contributed by atoms with Gasteiger partial charge in [0.15, 0.2) is 0 Å². The molecule has 1 heterocycles. The van der Waals surface area contributed by atoms with Gasteiger partial charge in [0.1, 0.15) is 12.6 Å². The number of nitrogens with zero attached hydrogens (tertiary/aromatic N) is 2. The monoisotopic (exact) mass is 449 g/mol. The van der Waals surface area contributed by atoms with E-state index in [1.807, 2.05) is 72.6 Å². The molecular weight excluding hydrogens is 414 g/mol. The van der Waals surface area contributed by atoms with E-state index in [2.05, 4.69) is 10.2 Å². The van der Waals surface area contributed by atoms with Crippen molar-refractivity contribution >= 4 is 12.0 Å². The Kier molecular flexibility index (Phi) is 8.00. The van der Waals surface area contributed by atoms with Crippen molar-refractivity contribution < 1.29 is 14.3 Å². The van der Waals surface area contributed by atoms with Gasteiger partial charge in [0.25, 0.3) is 0 Å². The number of carbonyl (C=O) groups excluding carboxylic acids is 2. The van der Waals surface area contributed by atoms with Crippen LogP contribution in [-0.4, -0.2) is 54.0 Å². The molecule has 0 aromatic heterocycles. The van der Waals surface area contributed by atoms with Crippen molar-refractivity contribution in [2.24, 2.45) is 0 Å². The Morgan fingerprint density at radius 1 is 0.970 bits per heavy atom. The predicted molar refractivity (Wildman–Crippen MR) is 129 cm³/mol. The summed E-state index contributed by atoms with van der Waals surface area (Å²) in [6.45, 7) is 2.41. The molecule has 2 fully saturated rings. The topological polar surface area (TPSA) is 61.9 Å². The summed E-state index contributed by atoms with van der Waals surface area (Å²) < 4.78 is 5.43. The highest BCUT2D eigenvalue weighted by molar-refractivity contribution is 5.87. The maximum Gasteiger partial charge on any atom is 0.408 e. The van der Waals surface area contributed by atoms with Gasteiger partial charge in [-0.15, -0.1) is 0 Å². The highest BCUT2D eigenvalue weighted by Crippen LogP contribution is 2.30. The van der Waals surface area contributed by atoms with E-state index in [9.17, 15) is 9.59 Å². The van der Waals surface area contributed by atoms with Crippen LogP contribution >= 0.6 is 0 Å². The first-order chi connectivity index (χ1) is 16.1. The van der Waals surface area contributed by atoms with Gasteiger partial charge >= 0.3 is 6.09 Å². The Morgan fingerprint density at radius 3 is 2.30 bits per heavy atom. The molecule has 0 radical (unpaired) electrons. The fourth-order valence-electron chi connectivity index (χ4n) is 5.23. The summed E-state index contributed by atoms with van der Waals surface area (Å²) in [5.74, 6) is -0.0889. The molecule has 6 nitrogen and oxygen atoms in total. The summed E-state index contributed by atoms with van der Waals surface area (Å²) in [7, 11) is 1.90. The lowest BCUT2D eigenvalue weighted by Gasteiger charge is -2.43. The second-order valence-corrected chi connectivity index (χ2v) is 9.16. The van der Waals surface area contributed by atoms with Crippen LogP contribution in [0.1, 0.15) is 55.7 Å². The van der Waals surface area contributed by atoms with Crippen LogP contribution in [0.2, 0.25) is 0 Å². The van der Waals surface area contributed by atoms with Gasteiger partial charge in [-0.05, 0) is 49.9 Å². The molecule has 0 spiro atoms. The van der Waals surface area contributed by atoms with E-state index in [4.69, 9.17) is 4.74 Å². The molecule has 0 bridgehead atoms. The number of hydrogen-bond donors (Lipinski definition) is 1. The molecule has 2 aliphatic rings. The number of hydrogen-bond acceptors (Lipinski definition) is 4. The van der Waals surface area contributed by atoms with Crippen LogP contribution < -0.4 is 5.32 Å². The molecule has 2 aromatic rings. The van der Waals surface area contributed by atoms with Gasteiger partial charge in [-0.3, -0.25) is 9.69 Å². The molecule has 2 unspecified atom stereocenters. The number of benzene rings is 2. The maximum absolute atomic E-state index is 13.8. The average Bonchev–Trinajstić information content (AvgIpc) is 3.41. The molecule has 1 N–H and O–H groups in total. The molecule has 1 aliphatic carbocycles. The van der Waals surface area contributed by atoms with Crippen molar-refractivity contribution in [1.82, 2.24) is 15.1 Å². The third-order valence-corrected chi connectivity index (χ3v) is 7.00. The lowest BCUT2D eigenvalue weighted by molar-refractivity contribution is -0.136. The summed E-state index contributed by atoms with van der Waals surface area (Å²) in [5.41, 5.74) is 1.67. The molecule has 33 heavy (non-hydrogen) atoms. The quantitative estimate of drug-likeness (QED) is 0.675. The molecule has 4 rings (SSSR count). The van der Waals surface area contributed by atoms with Crippen molar-refractivity contribution in [3.63, 3.8) is 0 Å². The summed E-state index contributed by atoms with van der Waals surface area (Å²) >= 11 is 0. The number of ether oxygens (including phenoxy) is 1. The first kappa shape index (κ1) is 23.3. The van der Waals surface area contributed by atoms with E-state index in [0.717, 1.165) is 43.5 Å². The Labute approximate surface area is 196 Å². The van der Waals surface area contributed by atoms with Gasteiger partial charge in [0.2, 0.25) is 5.91 Å². The van der Waals surface area contributed by atoms with Crippen LogP contribution in [0.15, 0.2) is 60.7 Å². The molecule has 6 heteroatoms. The molecule has 2 amide bonds. The summed E-state index contributed by atoms with van der Waals surface area (Å²) in [6.07, 6.45) is 6.37. The maximum atomic E-state index is 13.8. The summed E-state index contributed by atoms with van der Waals surface area (Å²) in [4.78, 5) is 30.9. The van der Waals surface area contributed by atoms with Gasteiger partial charge < -0.3 is 15.0 Å². The van der Waals surface area contributed by atoms with Crippen LogP contribution in [0, 0.1) is 0 Å². The first-order valence-electron chi connectivity index (χ1n) is 12.2. The standard InChI is InChI=1S/C27H35N3O3/c1-29(23-16-8-9-17-24(23)30-18-10-11-19-30)26(31)25(22-14-6-3-7-15-22)28-27(32)33-20-21-12-4-2-5-13-21/h2-7,12-15,23-25H,8-11,16-20H2,1H3,(H,28,32)/t23?,24?,25-/m1/s1. The Morgan fingerprint density at radius 2 is 1.61 bits per heavy atom. The third-order valence-electron chi connectivity index (χ3n) is 7.00. The highest BCUT2D eigenvalue weighted by Gasteiger charge is 2.38. The van der Waals surface area contributed by atoms with Crippen LogP contribution in [0.5, 0.6) is 0 Å². The molecule has 176 valence electrons. The van der Waals surface area contributed by atoms with Crippen LogP contribution in [0.4, 0.5) is 4.79 Å². The van der Waals surface area contributed by atoms with E-state index >= 15 is 0 Å². The van der Waals surface area contributed by atoms with Crippen molar-refractivity contribution in [1.29, 1.82) is 0 Å². The number of likely N-dealkylation sites (tertiary alicyclic amines) is 1. The highest BCUT2D eigenvalue weighted by atomic mass is 16.5. The molecule has 1 saturated heterocycles. The minimum Gasteiger partial charge on any atom is -0.445 e. The summed E-state index contributed by atoms with van der Waals surface area (Å²) in [6, 6.07) is 18.8. The fraction of sp³-hybridized carbons (Fsp3) is 0.481. The van der Waals surface area contributed by atoms with Crippen LogP contribution in [0.3, 0.4) is 0 Å². The average molecular weight is 450 g/mol. The molecule has 1 aliphatic heterocycles. The normalized spacial score (nSPS) is 21.8. The lowest BCUT2D eigenvalue weighted by atomic mass is 9.87. The first-order valence-corrected chi connectivity index (χ1v) is 12.2. The Bertz CT molecular complexity index is 899. The zero-order valence-electron chi connectivity index (χ0n) is 19.5. The van der Waals surface area contributed by atoms with Crippen molar-refractivity contribution in [3.8, 4) is 0 Å². The van der Waals surface area contributed by atoms with Gasteiger partial charge in [0, 0.05) is 19.1 Å². The number of alkyl carbamates (subject to hydrolysis) is 1. The Hall–Kier alpha value is -2.86. The predicted octanol–water partition coefficient (Wildman–Crippen LogP) is 4.52. The van der Waals surface area contributed by atoms with Crippen molar-refractivity contribution in [2.75, 3.05) is 20.1 Å². The van der Waals surface area contributed by atoms with Gasteiger partial charge in [-0.2, -0.15) is 0 Å². The molecule has 3 atom stereocenters. The lowest BCUT2D eigenvalue weighted by Crippen LogP contribution is -2.55. The second-order valence-electron chi connectivity index (χ2n) is 9.16. The van der Waals surface area contributed by atoms with E-state index in [0.29, 0.717) is 6.04 Å². The smallest absolute Gasteiger partial charge is 0.408 e. The van der Waals surface area contributed by atoms with Gasteiger partial charge in [0.05, 0.1) is 0 Å². The fourth-order valence-corrected chi connectivity index (χ4v) is 5.23. The number of carbonyl (C=O) groups is 2. The van der Waals surface area contributed by atoms with E-state index in [-0.39, 0.29) is 18.6 Å². The SMILES string of the molecule is CN(C(=O)[C@H](NC(=O)OCc1ccccc1)c1ccccc1)C1CCCCC1N1CCCC1. The summed E-state index contributed by atoms with van der Waals surface area (Å²) in [5, 5.41) is 2.84. The van der Waals surface area contributed by atoms with Gasteiger partial charge in [-0.25, -0.2) is 4.79 Å². The minimum absolute atomic E-state index is 0.0889. The van der Waals surface area contributed by atoms with Crippen LogP contribution in [-0.2, 0) is 16.1 Å². The number of likely N-dealkylation sites (N-methyl/N-ethyl adjacent to an activating group) is 1. The number of nitrogens with one attached hydrogen (secondary N) is 1. The van der Waals surface area contributed by atoms with E-state index in [1.165, 1.54) is 19.3 Å². The third kappa shape index (κ3) is 5.93. The van der Waals surface area contributed by atoms with Gasteiger partial charge in [-0.1, -0.05) is 73.5 Å². The Balaban J connectivity index is 1.47. The van der Waals surface area contributed by atoms with E-state index in [1.54, 1.807) is 0 Å². The van der Waals surface area contributed by atoms with E-state index < -0.39 is 12.1 Å². The largest absolute Gasteiger partial charge is 0.445 e.